The van der Waals surface area contributed by atoms with Crippen LogP contribution < -0.4 is 9.47 Å². The maximum absolute atomic E-state index is 6.08. The van der Waals surface area contributed by atoms with E-state index in [4.69, 9.17) is 14.2 Å². The largest absolute Gasteiger partial charge is 0.491 e. The van der Waals surface area contributed by atoms with Crippen LogP contribution in [0.2, 0.25) is 0 Å². The topological polar surface area (TPSA) is 31.0 Å². The summed E-state index contributed by atoms with van der Waals surface area (Å²) < 4.78 is 16.9. The lowest BCUT2D eigenvalue weighted by Gasteiger charge is -2.12. The molecule has 1 fully saturated rings. The van der Waals surface area contributed by atoms with Gasteiger partial charge in [-0.1, -0.05) is 48.5 Å². The molecule has 1 saturated heterocycles. The second kappa shape index (κ2) is 6.77. The minimum Gasteiger partial charge on any atom is -0.491 e. The highest BCUT2D eigenvalue weighted by Crippen LogP contribution is 2.33. The van der Waals surface area contributed by atoms with Crippen LogP contribution in [0.4, 0.5) is 0 Å². The van der Waals surface area contributed by atoms with E-state index < -0.39 is 0 Å². The molecule has 0 spiro atoms. The van der Waals surface area contributed by atoms with Crippen LogP contribution in [0.15, 0.2) is 78.9 Å². The molecule has 1 atom stereocenters. The molecule has 0 radical (unpaired) electrons. The van der Waals surface area contributed by atoms with E-state index in [0.29, 0.717) is 6.61 Å². The van der Waals surface area contributed by atoms with Crippen molar-refractivity contribution >= 4 is 0 Å². The van der Waals surface area contributed by atoms with Crippen molar-refractivity contribution in [2.24, 2.45) is 0 Å². The van der Waals surface area contributed by atoms with E-state index in [2.05, 4.69) is 18.2 Å². The van der Waals surface area contributed by atoms with Gasteiger partial charge < -0.3 is 14.2 Å². The molecule has 0 saturated carbocycles. The fourth-order valence-corrected chi connectivity index (χ4v) is 2.50. The maximum atomic E-state index is 6.08. The second-order valence-corrected chi connectivity index (χ2v) is 5.70. The third-order valence-corrected chi connectivity index (χ3v) is 3.86. The number of hydrogen-bond donors (Lipinski definition) is 0. The Morgan fingerprint density at radius 2 is 1.46 bits per heavy atom. The van der Waals surface area contributed by atoms with Gasteiger partial charge in [-0.05, 0) is 35.9 Å². The van der Waals surface area contributed by atoms with E-state index in [-0.39, 0.29) is 6.10 Å². The summed E-state index contributed by atoms with van der Waals surface area (Å²) in [6.07, 6.45) is 0.263. The second-order valence-electron chi connectivity index (χ2n) is 5.70. The Morgan fingerprint density at radius 1 is 0.792 bits per heavy atom. The quantitative estimate of drug-likeness (QED) is 0.604. The average Bonchev–Trinajstić information content (AvgIpc) is 3.47. The fourth-order valence-electron chi connectivity index (χ4n) is 2.50. The number of epoxide rings is 1. The number of hydrogen-bond acceptors (Lipinski definition) is 3. The summed E-state index contributed by atoms with van der Waals surface area (Å²) in [6.45, 7) is 1.41. The fraction of sp³-hybridized carbons (Fsp3) is 0.143. The minimum atomic E-state index is 0.263. The molecule has 3 nitrogen and oxygen atoms in total. The average molecular weight is 318 g/mol. The van der Waals surface area contributed by atoms with Crippen molar-refractivity contribution in [3.05, 3.63) is 78.9 Å². The zero-order chi connectivity index (χ0) is 16.2. The molecule has 1 aliphatic rings. The van der Waals surface area contributed by atoms with E-state index in [0.717, 1.165) is 35.0 Å². The van der Waals surface area contributed by atoms with E-state index >= 15 is 0 Å². The molecular formula is C21H18O3. The number of ether oxygens (including phenoxy) is 3. The van der Waals surface area contributed by atoms with E-state index in [9.17, 15) is 0 Å². The minimum absolute atomic E-state index is 0.263. The SMILES string of the molecule is c1ccc(-c2ccccc2Oc2ccc(OCC3CO3)cc2)cc1. The Hall–Kier alpha value is -2.78. The van der Waals surface area contributed by atoms with Gasteiger partial charge in [0, 0.05) is 5.56 Å². The smallest absolute Gasteiger partial charge is 0.135 e. The summed E-state index contributed by atoms with van der Waals surface area (Å²) in [6, 6.07) is 26.0. The highest BCUT2D eigenvalue weighted by atomic mass is 16.6. The van der Waals surface area contributed by atoms with Crippen molar-refractivity contribution in [3.63, 3.8) is 0 Å². The normalized spacial score (nSPS) is 15.8. The van der Waals surface area contributed by atoms with Crippen LogP contribution in [0, 0.1) is 0 Å². The van der Waals surface area contributed by atoms with Crippen molar-refractivity contribution in [3.8, 4) is 28.4 Å². The third-order valence-electron chi connectivity index (χ3n) is 3.86. The molecule has 0 amide bonds. The van der Waals surface area contributed by atoms with Crippen LogP contribution in [-0.2, 0) is 4.74 Å². The van der Waals surface area contributed by atoms with Gasteiger partial charge >= 0.3 is 0 Å². The predicted octanol–water partition coefficient (Wildman–Crippen LogP) is 4.92. The Kier molecular flexibility index (Phi) is 4.17. The molecule has 0 N–H and O–H groups in total. The van der Waals surface area contributed by atoms with Gasteiger partial charge in [-0.2, -0.15) is 0 Å². The van der Waals surface area contributed by atoms with Gasteiger partial charge in [0.25, 0.3) is 0 Å². The maximum Gasteiger partial charge on any atom is 0.135 e. The Bertz CT molecular complexity index is 793. The Labute approximate surface area is 141 Å². The van der Waals surface area contributed by atoms with Crippen LogP contribution in [0.25, 0.3) is 11.1 Å². The first-order valence-electron chi connectivity index (χ1n) is 8.05. The first kappa shape index (κ1) is 14.8. The van der Waals surface area contributed by atoms with Crippen LogP contribution in [0.3, 0.4) is 0 Å². The molecule has 1 unspecified atom stereocenters. The van der Waals surface area contributed by atoms with E-state index in [1.807, 2.05) is 60.7 Å². The monoisotopic (exact) mass is 318 g/mol. The van der Waals surface area contributed by atoms with Crippen LogP contribution in [-0.4, -0.2) is 19.3 Å². The standard InChI is InChI=1S/C21H18O3/c1-2-6-16(7-3-1)20-8-4-5-9-21(20)24-18-12-10-17(11-13-18)22-14-19-15-23-19/h1-13,19H,14-15H2. The molecule has 4 rings (SSSR count). The van der Waals surface area contributed by atoms with Gasteiger partial charge in [-0.25, -0.2) is 0 Å². The molecule has 1 heterocycles. The van der Waals surface area contributed by atoms with Gasteiger partial charge in [-0.3, -0.25) is 0 Å². The van der Waals surface area contributed by atoms with E-state index in [1.165, 1.54) is 0 Å². The number of para-hydroxylation sites is 1. The molecule has 24 heavy (non-hydrogen) atoms. The summed E-state index contributed by atoms with van der Waals surface area (Å²) in [7, 11) is 0. The highest BCUT2D eigenvalue weighted by molar-refractivity contribution is 5.70. The molecule has 1 aliphatic heterocycles. The Balaban J connectivity index is 1.50. The zero-order valence-corrected chi connectivity index (χ0v) is 13.2. The first-order valence-corrected chi connectivity index (χ1v) is 8.05. The van der Waals surface area contributed by atoms with Gasteiger partial charge in [0.1, 0.15) is 30.0 Å². The van der Waals surface area contributed by atoms with Crippen LogP contribution in [0.5, 0.6) is 17.2 Å². The highest BCUT2D eigenvalue weighted by Gasteiger charge is 2.22. The predicted molar refractivity (Wildman–Crippen MR) is 93.6 cm³/mol. The van der Waals surface area contributed by atoms with E-state index in [1.54, 1.807) is 0 Å². The van der Waals surface area contributed by atoms with Crippen molar-refractivity contribution in [1.82, 2.24) is 0 Å². The summed E-state index contributed by atoms with van der Waals surface area (Å²) in [4.78, 5) is 0. The van der Waals surface area contributed by atoms with Gasteiger partial charge in [-0.15, -0.1) is 0 Å². The molecule has 120 valence electrons. The van der Waals surface area contributed by atoms with Gasteiger partial charge in [0.2, 0.25) is 0 Å². The lowest BCUT2D eigenvalue weighted by atomic mass is 10.1. The summed E-state index contributed by atoms with van der Waals surface area (Å²) in [5, 5.41) is 0. The molecule has 0 aliphatic carbocycles. The third kappa shape index (κ3) is 3.58. The van der Waals surface area contributed by atoms with Crippen LogP contribution in [0.1, 0.15) is 0 Å². The van der Waals surface area contributed by atoms with Crippen molar-refractivity contribution in [1.29, 1.82) is 0 Å². The molecule has 3 aromatic carbocycles. The molecule has 0 aromatic heterocycles. The van der Waals surface area contributed by atoms with Crippen molar-refractivity contribution in [2.45, 2.75) is 6.10 Å². The first-order chi connectivity index (χ1) is 11.9. The molecule has 3 aromatic rings. The molecule has 0 bridgehead atoms. The van der Waals surface area contributed by atoms with Crippen molar-refractivity contribution in [2.75, 3.05) is 13.2 Å². The van der Waals surface area contributed by atoms with Gasteiger partial charge in [0.05, 0.1) is 6.61 Å². The summed E-state index contributed by atoms with van der Waals surface area (Å²) in [5.41, 5.74) is 2.21. The number of benzene rings is 3. The number of rotatable bonds is 6. The van der Waals surface area contributed by atoms with Crippen LogP contribution >= 0.6 is 0 Å². The Morgan fingerprint density at radius 3 is 2.21 bits per heavy atom. The zero-order valence-electron chi connectivity index (χ0n) is 13.2. The summed E-state index contributed by atoms with van der Waals surface area (Å²) in [5.74, 6) is 2.45. The lowest BCUT2D eigenvalue weighted by molar-refractivity contribution is 0.263. The molecule has 3 heteroatoms. The lowest BCUT2D eigenvalue weighted by Crippen LogP contribution is -2.03. The van der Waals surface area contributed by atoms with Gasteiger partial charge in [0.15, 0.2) is 0 Å². The van der Waals surface area contributed by atoms with Crippen molar-refractivity contribution < 1.29 is 14.2 Å². The molecular weight excluding hydrogens is 300 g/mol. The summed E-state index contributed by atoms with van der Waals surface area (Å²) >= 11 is 0.